The van der Waals surface area contributed by atoms with Gasteiger partial charge >= 0.3 is 0 Å². The zero-order valence-corrected chi connectivity index (χ0v) is 18.5. The molecular weight excluding hydrogens is 440 g/mol. The molecule has 0 aliphatic carbocycles. The summed E-state index contributed by atoms with van der Waals surface area (Å²) in [5, 5.41) is 22.2. The van der Waals surface area contributed by atoms with Crippen LogP contribution >= 0.6 is 0 Å². The average molecular weight is 465 g/mol. The van der Waals surface area contributed by atoms with E-state index in [1.54, 1.807) is 30.3 Å². The van der Waals surface area contributed by atoms with Crippen LogP contribution in [-0.2, 0) is 27.6 Å². The number of nitrogens with zero attached hydrogens (tertiary/aromatic N) is 2. The number of aliphatic hydroxyl groups excluding tert-OH is 1. The summed E-state index contributed by atoms with van der Waals surface area (Å²) in [7, 11) is -3.76. The molecule has 1 unspecified atom stereocenters. The van der Waals surface area contributed by atoms with Crippen LogP contribution in [-0.4, -0.2) is 57.5 Å². The maximum absolute atomic E-state index is 12.6. The monoisotopic (exact) mass is 464 g/mol. The lowest BCUT2D eigenvalue weighted by Gasteiger charge is -2.16. The lowest BCUT2D eigenvalue weighted by molar-refractivity contribution is 0.299. The van der Waals surface area contributed by atoms with Crippen LogP contribution < -0.4 is 10.0 Å². The van der Waals surface area contributed by atoms with E-state index in [1.165, 1.54) is 18.4 Å². The Labute approximate surface area is 183 Å². The van der Waals surface area contributed by atoms with Gasteiger partial charge in [-0.25, -0.2) is 18.4 Å². The van der Waals surface area contributed by atoms with Crippen LogP contribution in [0.4, 0.5) is 17.3 Å². The summed E-state index contributed by atoms with van der Waals surface area (Å²) in [4.78, 5) is 8.91. The molecule has 0 aliphatic heterocycles. The first-order chi connectivity index (χ1) is 14.8. The van der Waals surface area contributed by atoms with Gasteiger partial charge in [0.05, 0.1) is 23.0 Å². The standard InChI is InChI=1S/C20H24N4O5S2/c1-30(27)11-4-12-31(28,29)24-20-19(21-16-5-2-3-6-17(16)22-20)23-18-13-15(26)8-7-14(18)9-10-25/h2-3,5-8,13,25-26H,4,9-12H2,1H3,(H,21,23)(H,22,24). The summed E-state index contributed by atoms with van der Waals surface area (Å²) in [6, 6.07) is 11.7. The fraction of sp³-hybridized carbons (Fsp3) is 0.300. The van der Waals surface area contributed by atoms with Gasteiger partial charge < -0.3 is 20.1 Å². The molecule has 1 atom stereocenters. The summed E-state index contributed by atoms with van der Waals surface area (Å²) >= 11 is -1.08. The minimum Gasteiger partial charge on any atom is -0.617 e. The predicted molar refractivity (Wildman–Crippen MR) is 123 cm³/mol. The third-order valence-corrected chi connectivity index (χ3v) is 6.59. The number of phenolic OH excluding ortho intramolecular Hbond substituents is 1. The number of nitrogens with one attached hydrogen (secondary N) is 2. The molecule has 0 radical (unpaired) electrons. The molecular formula is C20H24N4O5S2. The largest absolute Gasteiger partial charge is 0.617 e. The number of anilines is 3. The first-order valence-electron chi connectivity index (χ1n) is 9.54. The maximum atomic E-state index is 12.6. The molecule has 3 aromatic rings. The summed E-state index contributed by atoms with van der Waals surface area (Å²) < 4.78 is 38.8. The Morgan fingerprint density at radius 2 is 1.77 bits per heavy atom. The molecule has 2 aromatic carbocycles. The highest BCUT2D eigenvalue weighted by Crippen LogP contribution is 2.30. The molecule has 31 heavy (non-hydrogen) atoms. The van der Waals surface area contributed by atoms with E-state index < -0.39 is 21.2 Å². The van der Waals surface area contributed by atoms with Gasteiger partial charge in [-0.15, -0.1) is 0 Å². The number of phenols is 1. The van der Waals surface area contributed by atoms with Gasteiger partial charge in [0.15, 0.2) is 11.6 Å². The molecule has 0 aliphatic rings. The van der Waals surface area contributed by atoms with E-state index in [0.717, 1.165) is 5.56 Å². The number of hydrogen-bond donors (Lipinski definition) is 4. The molecule has 11 heteroatoms. The Kier molecular flexibility index (Phi) is 7.55. The Morgan fingerprint density at radius 1 is 1.10 bits per heavy atom. The number of aromatic hydroxyl groups is 1. The molecule has 1 heterocycles. The first-order valence-corrected chi connectivity index (χ1v) is 12.9. The van der Waals surface area contributed by atoms with Crippen molar-refractivity contribution in [3.63, 3.8) is 0 Å². The number of aromatic nitrogens is 2. The van der Waals surface area contributed by atoms with Crippen molar-refractivity contribution in [2.75, 3.05) is 34.4 Å². The van der Waals surface area contributed by atoms with Crippen LogP contribution in [0.5, 0.6) is 5.75 Å². The molecule has 1 aromatic heterocycles. The smallest absolute Gasteiger partial charge is 0.234 e. The van der Waals surface area contributed by atoms with Gasteiger partial charge in [-0.05, 0) is 30.2 Å². The fourth-order valence-corrected chi connectivity index (χ4v) is 4.75. The Morgan fingerprint density at radius 3 is 2.42 bits per heavy atom. The van der Waals surface area contributed by atoms with E-state index in [9.17, 15) is 23.2 Å². The molecule has 9 nitrogen and oxygen atoms in total. The second-order valence-electron chi connectivity index (χ2n) is 6.90. The summed E-state index contributed by atoms with van der Waals surface area (Å²) in [5.41, 5.74) is 2.25. The van der Waals surface area contributed by atoms with E-state index in [4.69, 9.17) is 0 Å². The van der Waals surface area contributed by atoms with Crippen LogP contribution in [0.2, 0.25) is 0 Å². The first kappa shape index (κ1) is 23.1. The highest BCUT2D eigenvalue weighted by Gasteiger charge is 2.18. The maximum Gasteiger partial charge on any atom is 0.234 e. The molecule has 0 spiro atoms. The van der Waals surface area contributed by atoms with Crippen molar-refractivity contribution >= 4 is 49.6 Å². The van der Waals surface area contributed by atoms with Gasteiger partial charge in [0.25, 0.3) is 0 Å². The molecule has 0 fully saturated rings. The number of hydrogen-bond acceptors (Lipinski definition) is 8. The summed E-state index contributed by atoms with van der Waals surface area (Å²) in [5.74, 6) is 0.249. The summed E-state index contributed by atoms with van der Waals surface area (Å²) in [6.07, 6.45) is 2.10. The topological polar surface area (TPSA) is 148 Å². The Bertz CT molecular complexity index is 1160. The van der Waals surface area contributed by atoms with E-state index in [-0.39, 0.29) is 41.9 Å². The van der Waals surface area contributed by atoms with Gasteiger partial charge in [-0.2, -0.15) is 0 Å². The van der Waals surface area contributed by atoms with Crippen LogP contribution in [0.15, 0.2) is 42.5 Å². The number of rotatable bonds is 10. The van der Waals surface area contributed by atoms with Crippen molar-refractivity contribution in [1.82, 2.24) is 9.97 Å². The third-order valence-electron chi connectivity index (χ3n) is 4.40. The van der Waals surface area contributed by atoms with Gasteiger partial charge in [0, 0.05) is 24.8 Å². The molecule has 166 valence electrons. The van der Waals surface area contributed by atoms with Crippen molar-refractivity contribution in [2.45, 2.75) is 12.8 Å². The zero-order valence-electron chi connectivity index (χ0n) is 16.9. The third kappa shape index (κ3) is 6.44. The molecule has 0 saturated heterocycles. The normalized spacial score (nSPS) is 12.6. The zero-order chi connectivity index (χ0) is 22.4. The average Bonchev–Trinajstić information content (AvgIpc) is 2.70. The molecule has 0 saturated carbocycles. The molecule has 0 amide bonds. The van der Waals surface area contributed by atoms with E-state index in [0.29, 0.717) is 23.1 Å². The molecule has 4 N–H and O–H groups in total. The van der Waals surface area contributed by atoms with Gasteiger partial charge in [-0.1, -0.05) is 29.4 Å². The minimum absolute atomic E-state index is 0.00707. The lowest BCUT2D eigenvalue weighted by atomic mass is 10.1. The molecule has 0 bridgehead atoms. The summed E-state index contributed by atoms with van der Waals surface area (Å²) in [6.45, 7) is -0.0961. The van der Waals surface area contributed by atoms with Crippen molar-refractivity contribution in [1.29, 1.82) is 0 Å². The predicted octanol–water partition coefficient (Wildman–Crippen LogP) is 2.12. The lowest BCUT2D eigenvalue weighted by Crippen LogP contribution is -2.20. The number of fused-ring (bicyclic) bond motifs is 1. The van der Waals surface area contributed by atoms with Gasteiger partial charge in [-0.3, -0.25) is 4.72 Å². The Hall–Kier alpha value is -2.60. The van der Waals surface area contributed by atoms with E-state index >= 15 is 0 Å². The highest BCUT2D eigenvalue weighted by atomic mass is 32.2. The van der Waals surface area contributed by atoms with Crippen molar-refractivity contribution in [3.8, 4) is 5.75 Å². The quantitative estimate of drug-likeness (QED) is 0.334. The molecule has 3 rings (SSSR count). The number of sulfonamides is 1. The number of para-hydroxylation sites is 2. The minimum atomic E-state index is -3.76. The van der Waals surface area contributed by atoms with E-state index in [1.807, 2.05) is 0 Å². The van der Waals surface area contributed by atoms with E-state index in [2.05, 4.69) is 20.0 Å². The van der Waals surface area contributed by atoms with Crippen LogP contribution in [0.25, 0.3) is 11.0 Å². The SMILES string of the molecule is C[S+]([O-])CCCS(=O)(=O)Nc1nc2ccccc2nc1Nc1cc(O)ccc1CCO. The number of aliphatic hydroxyl groups is 1. The van der Waals surface area contributed by atoms with Gasteiger partial charge in [0.1, 0.15) is 11.5 Å². The van der Waals surface area contributed by atoms with Gasteiger partial charge in [0.2, 0.25) is 10.0 Å². The second-order valence-corrected chi connectivity index (χ2v) is 10.3. The Balaban J connectivity index is 1.98. The van der Waals surface area contributed by atoms with Crippen molar-refractivity contribution in [2.24, 2.45) is 0 Å². The van der Waals surface area contributed by atoms with Crippen LogP contribution in [0, 0.1) is 0 Å². The van der Waals surface area contributed by atoms with Crippen LogP contribution in [0.3, 0.4) is 0 Å². The van der Waals surface area contributed by atoms with Crippen molar-refractivity contribution in [3.05, 3.63) is 48.0 Å². The highest BCUT2D eigenvalue weighted by molar-refractivity contribution is 7.93. The second kappa shape index (κ2) is 10.1. The fourth-order valence-electron chi connectivity index (χ4n) is 2.96. The number of benzene rings is 2. The van der Waals surface area contributed by atoms with Crippen LogP contribution in [0.1, 0.15) is 12.0 Å². The van der Waals surface area contributed by atoms with Crippen molar-refractivity contribution < 1.29 is 23.2 Å².